The van der Waals surface area contributed by atoms with Gasteiger partial charge in [-0.25, -0.2) is 0 Å². The number of hydrazone groups is 2. The molecule has 0 bridgehead atoms. The first-order valence-corrected chi connectivity index (χ1v) is 9.32. The minimum atomic E-state index is -5.55. The van der Waals surface area contributed by atoms with Crippen LogP contribution in [-0.2, 0) is 5.41 Å². The fourth-order valence-corrected chi connectivity index (χ4v) is 2.30. The molecule has 14 heteroatoms. The fraction of sp³-hybridized carbons (Fsp3) is 0.412. The van der Waals surface area contributed by atoms with Crippen LogP contribution in [0.25, 0.3) is 0 Å². The Balaban J connectivity index is 3.45. The van der Waals surface area contributed by atoms with Gasteiger partial charge >= 0.3 is 12.4 Å². The van der Waals surface area contributed by atoms with E-state index in [0.717, 1.165) is 24.3 Å². The van der Waals surface area contributed by atoms with E-state index in [0.29, 0.717) is 0 Å². The lowest BCUT2D eigenvalue weighted by atomic mass is 9.80. The van der Waals surface area contributed by atoms with Crippen LogP contribution in [-0.4, -0.2) is 48.1 Å². The Morgan fingerprint density at radius 2 is 1.23 bits per heavy atom. The molecule has 0 saturated heterocycles. The van der Waals surface area contributed by atoms with Crippen molar-refractivity contribution in [3.8, 4) is 0 Å². The second-order valence-electron chi connectivity index (χ2n) is 6.24. The summed E-state index contributed by atoms with van der Waals surface area (Å²) in [5.41, 5.74) is 0.545. The van der Waals surface area contributed by atoms with E-state index in [1.165, 1.54) is 14.0 Å². The molecule has 0 radical (unpaired) electrons. The van der Waals surface area contributed by atoms with Gasteiger partial charge in [0.15, 0.2) is 15.6 Å². The first-order valence-electron chi connectivity index (χ1n) is 8.51. The van der Waals surface area contributed by atoms with Crippen molar-refractivity contribution >= 4 is 46.1 Å². The molecule has 0 spiro atoms. The highest BCUT2D eigenvalue weighted by molar-refractivity contribution is 7.80. The maximum absolute atomic E-state index is 13.3. The summed E-state index contributed by atoms with van der Waals surface area (Å²) in [6.07, 6.45) is -11.1. The van der Waals surface area contributed by atoms with Gasteiger partial charge in [-0.05, 0) is 43.8 Å². The molecular weight excluding hydrogens is 466 g/mol. The number of hydrogen-bond acceptors (Lipinski definition) is 4. The van der Waals surface area contributed by atoms with E-state index in [1.54, 1.807) is 7.05 Å². The molecule has 1 rings (SSSR count). The molecule has 4 N–H and O–H groups in total. The Kier molecular flexibility index (Phi) is 8.75. The SMILES string of the molecule is CNC(=S)NN=C(C)C(=NNC(=S)NC)c1ccc(C(C)(C(F)(F)F)C(F)(F)F)cc1. The number of alkyl halides is 6. The number of thiocarbonyl (C=S) groups is 2. The molecule has 0 saturated carbocycles. The van der Waals surface area contributed by atoms with Crippen molar-refractivity contribution < 1.29 is 26.3 Å². The van der Waals surface area contributed by atoms with Crippen LogP contribution in [0.2, 0.25) is 0 Å². The molecule has 0 atom stereocenters. The molecule has 0 unspecified atom stereocenters. The van der Waals surface area contributed by atoms with E-state index in [2.05, 4.69) is 31.7 Å². The smallest absolute Gasteiger partial charge is 0.364 e. The summed E-state index contributed by atoms with van der Waals surface area (Å²) in [6, 6.07) is 3.68. The topological polar surface area (TPSA) is 72.8 Å². The van der Waals surface area contributed by atoms with Crippen LogP contribution >= 0.6 is 24.4 Å². The number of nitrogens with zero attached hydrogens (tertiary/aromatic N) is 2. The Bertz CT molecular complexity index is 847. The Morgan fingerprint density at radius 3 is 1.61 bits per heavy atom. The van der Waals surface area contributed by atoms with Crippen LogP contribution in [0.1, 0.15) is 25.0 Å². The van der Waals surface area contributed by atoms with Crippen LogP contribution < -0.4 is 21.5 Å². The van der Waals surface area contributed by atoms with Gasteiger partial charge in [0.2, 0.25) is 0 Å². The molecule has 172 valence electrons. The maximum Gasteiger partial charge on any atom is 0.406 e. The molecule has 0 aliphatic heterocycles. The lowest BCUT2D eigenvalue weighted by Gasteiger charge is -2.34. The van der Waals surface area contributed by atoms with Crippen molar-refractivity contribution in [3.05, 3.63) is 35.4 Å². The molecule has 6 nitrogen and oxygen atoms in total. The largest absolute Gasteiger partial charge is 0.406 e. The zero-order valence-electron chi connectivity index (χ0n) is 16.8. The molecular formula is C17H20F6N6S2. The fourth-order valence-electron chi connectivity index (χ4n) is 2.21. The van der Waals surface area contributed by atoms with E-state index < -0.39 is 23.3 Å². The minimum Gasteiger partial charge on any atom is -0.364 e. The summed E-state index contributed by atoms with van der Waals surface area (Å²) >= 11 is 9.82. The van der Waals surface area contributed by atoms with Gasteiger partial charge in [-0.1, -0.05) is 24.3 Å². The predicted molar refractivity (Wildman–Crippen MR) is 115 cm³/mol. The van der Waals surface area contributed by atoms with Gasteiger partial charge in [0, 0.05) is 19.7 Å². The van der Waals surface area contributed by atoms with Crippen molar-refractivity contribution in [2.45, 2.75) is 31.6 Å². The van der Waals surface area contributed by atoms with Crippen LogP contribution in [0.3, 0.4) is 0 Å². The quantitative estimate of drug-likeness (QED) is 0.222. The third-order valence-electron chi connectivity index (χ3n) is 4.26. The van der Waals surface area contributed by atoms with Crippen molar-refractivity contribution in [1.29, 1.82) is 0 Å². The Hall–Kier alpha value is -2.48. The molecule has 1 aromatic carbocycles. The highest BCUT2D eigenvalue weighted by atomic mass is 32.1. The molecule has 0 aliphatic carbocycles. The molecule has 0 aliphatic rings. The minimum absolute atomic E-state index is 0.0965. The summed E-state index contributed by atoms with van der Waals surface area (Å²) in [7, 11) is 3.08. The number of hydrogen-bond donors (Lipinski definition) is 4. The zero-order valence-corrected chi connectivity index (χ0v) is 18.4. The van der Waals surface area contributed by atoms with Gasteiger partial charge in [0.25, 0.3) is 0 Å². The highest BCUT2D eigenvalue weighted by Gasteiger charge is 2.68. The predicted octanol–water partition coefficient (Wildman–Crippen LogP) is 3.34. The van der Waals surface area contributed by atoms with Crippen molar-refractivity contribution in [3.63, 3.8) is 0 Å². The normalized spacial score (nSPS) is 13.5. The van der Waals surface area contributed by atoms with Gasteiger partial charge in [-0.3, -0.25) is 10.9 Å². The summed E-state index contributed by atoms with van der Waals surface area (Å²) in [5.74, 6) is 0. The highest BCUT2D eigenvalue weighted by Crippen LogP contribution is 2.51. The third-order valence-corrected chi connectivity index (χ3v) is 4.85. The Labute approximate surface area is 185 Å². The second-order valence-corrected chi connectivity index (χ2v) is 7.05. The summed E-state index contributed by atoms with van der Waals surface area (Å²) in [5, 5.41) is 13.6. The van der Waals surface area contributed by atoms with Crippen molar-refractivity contribution in [2.75, 3.05) is 14.1 Å². The lowest BCUT2D eigenvalue weighted by Crippen LogP contribution is -2.51. The second kappa shape index (κ2) is 10.2. The van der Waals surface area contributed by atoms with Crippen LogP contribution in [0.15, 0.2) is 34.5 Å². The average Bonchev–Trinajstić information content (AvgIpc) is 2.69. The standard InChI is InChI=1S/C17H20F6N6S2/c1-9(26-28-13(30)24-3)12(27-29-14(31)25-4)10-5-7-11(8-6-10)15(2,16(18,19)20)17(21,22)23/h5-8H,1-4H3,(H2,24,28,30)(H2,25,29,31). The van der Waals surface area contributed by atoms with Crippen molar-refractivity contribution in [1.82, 2.24) is 21.5 Å². The maximum atomic E-state index is 13.3. The molecule has 31 heavy (non-hydrogen) atoms. The van der Waals surface area contributed by atoms with Gasteiger partial charge in [-0.15, -0.1) is 0 Å². The van der Waals surface area contributed by atoms with Crippen LogP contribution in [0.4, 0.5) is 26.3 Å². The average molecular weight is 487 g/mol. The van der Waals surface area contributed by atoms with Crippen LogP contribution in [0, 0.1) is 0 Å². The van der Waals surface area contributed by atoms with E-state index in [4.69, 9.17) is 24.4 Å². The molecule has 1 aromatic rings. The molecule has 0 amide bonds. The summed E-state index contributed by atoms with van der Waals surface area (Å²) in [4.78, 5) is 0. The van der Waals surface area contributed by atoms with Crippen LogP contribution in [0.5, 0.6) is 0 Å². The first-order chi connectivity index (χ1) is 14.2. The monoisotopic (exact) mass is 486 g/mol. The number of benzene rings is 1. The van der Waals surface area contributed by atoms with Gasteiger partial charge < -0.3 is 10.6 Å². The summed E-state index contributed by atoms with van der Waals surface area (Å²) < 4.78 is 79.9. The van der Waals surface area contributed by atoms with Gasteiger partial charge in [0.05, 0.1) is 5.71 Å². The lowest BCUT2D eigenvalue weighted by molar-refractivity contribution is -0.297. The zero-order chi connectivity index (χ0) is 24.0. The molecule has 0 heterocycles. The number of nitrogens with one attached hydrogen (secondary N) is 4. The summed E-state index contributed by atoms with van der Waals surface area (Å²) in [6.45, 7) is 1.61. The first kappa shape index (κ1) is 26.6. The van der Waals surface area contributed by atoms with Gasteiger partial charge in [-0.2, -0.15) is 36.5 Å². The number of halogens is 6. The van der Waals surface area contributed by atoms with E-state index in [-0.39, 0.29) is 34.1 Å². The van der Waals surface area contributed by atoms with Gasteiger partial charge in [0.1, 0.15) is 5.71 Å². The third kappa shape index (κ3) is 6.26. The van der Waals surface area contributed by atoms with E-state index in [1.807, 2.05) is 0 Å². The molecule has 0 aromatic heterocycles. The molecule has 0 fully saturated rings. The van der Waals surface area contributed by atoms with Crippen molar-refractivity contribution in [2.24, 2.45) is 10.2 Å². The Morgan fingerprint density at radius 1 is 0.806 bits per heavy atom. The number of rotatable bonds is 5. The van der Waals surface area contributed by atoms with E-state index >= 15 is 0 Å². The van der Waals surface area contributed by atoms with E-state index in [9.17, 15) is 26.3 Å².